The Morgan fingerprint density at radius 2 is 1.77 bits per heavy atom. The molecule has 3 heteroatoms. The van der Waals surface area contributed by atoms with Crippen molar-refractivity contribution in [2.75, 3.05) is 13.1 Å². The maximum atomic E-state index is 10.9. The highest BCUT2D eigenvalue weighted by molar-refractivity contribution is 5.88. The number of benzene rings is 2. The SMILES string of the molecule is O=C(O)c1ccc(C2=CCN(Cc3ccccc3)CC2)cc1. The minimum atomic E-state index is -0.877. The van der Waals surface area contributed by atoms with Crippen molar-refractivity contribution in [2.45, 2.75) is 13.0 Å². The Balaban J connectivity index is 1.64. The van der Waals surface area contributed by atoms with Crippen LogP contribution in [0.3, 0.4) is 0 Å². The third-order valence-electron chi connectivity index (χ3n) is 4.04. The van der Waals surface area contributed by atoms with Crippen LogP contribution in [0.1, 0.15) is 27.9 Å². The maximum absolute atomic E-state index is 10.9. The molecule has 0 aromatic heterocycles. The summed E-state index contributed by atoms with van der Waals surface area (Å²) in [4.78, 5) is 13.3. The number of hydrogen-bond donors (Lipinski definition) is 1. The third kappa shape index (κ3) is 3.43. The molecule has 0 amide bonds. The second kappa shape index (κ2) is 6.58. The van der Waals surface area contributed by atoms with Gasteiger partial charge in [0.1, 0.15) is 0 Å². The van der Waals surface area contributed by atoms with E-state index in [2.05, 4.69) is 35.2 Å². The Kier molecular flexibility index (Phi) is 4.35. The minimum absolute atomic E-state index is 0.339. The summed E-state index contributed by atoms with van der Waals surface area (Å²) in [5.41, 5.74) is 4.11. The van der Waals surface area contributed by atoms with E-state index in [1.54, 1.807) is 12.1 Å². The Bertz CT molecular complexity index is 674. The van der Waals surface area contributed by atoms with Crippen LogP contribution in [0.2, 0.25) is 0 Å². The van der Waals surface area contributed by atoms with Crippen LogP contribution in [-0.2, 0) is 6.54 Å². The molecule has 0 spiro atoms. The first-order valence-corrected chi connectivity index (χ1v) is 7.51. The zero-order valence-corrected chi connectivity index (χ0v) is 12.4. The summed E-state index contributed by atoms with van der Waals surface area (Å²) in [6, 6.07) is 17.7. The molecule has 3 rings (SSSR count). The lowest BCUT2D eigenvalue weighted by Gasteiger charge is -2.26. The first-order chi connectivity index (χ1) is 10.7. The Labute approximate surface area is 130 Å². The van der Waals surface area contributed by atoms with E-state index >= 15 is 0 Å². The van der Waals surface area contributed by atoms with Crippen LogP contribution in [0.5, 0.6) is 0 Å². The molecule has 2 aromatic rings. The van der Waals surface area contributed by atoms with E-state index in [1.807, 2.05) is 18.2 Å². The van der Waals surface area contributed by atoms with Crippen molar-refractivity contribution in [1.82, 2.24) is 4.90 Å². The van der Waals surface area contributed by atoms with Crippen molar-refractivity contribution >= 4 is 11.5 Å². The summed E-state index contributed by atoms with van der Waals surface area (Å²) in [6.07, 6.45) is 3.25. The summed E-state index contributed by atoms with van der Waals surface area (Å²) >= 11 is 0. The Morgan fingerprint density at radius 1 is 1.05 bits per heavy atom. The van der Waals surface area contributed by atoms with E-state index in [0.717, 1.165) is 31.6 Å². The lowest BCUT2D eigenvalue weighted by atomic mass is 9.98. The summed E-state index contributed by atoms with van der Waals surface area (Å²) in [5.74, 6) is -0.877. The molecular formula is C19H19NO2. The van der Waals surface area contributed by atoms with Crippen LogP contribution in [0.25, 0.3) is 5.57 Å². The molecule has 1 aliphatic heterocycles. The van der Waals surface area contributed by atoms with E-state index in [0.29, 0.717) is 5.56 Å². The smallest absolute Gasteiger partial charge is 0.335 e. The zero-order chi connectivity index (χ0) is 15.4. The van der Waals surface area contributed by atoms with E-state index in [-0.39, 0.29) is 0 Å². The van der Waals surface area contributed by atoms with Gasteiger partial charge in [0.25, 0.3) is 0 Å². The lowest BCUT2D eigenvalue weighted by Crippen LogP contribution is -2.27. The van der Waals surface area contributed by atoms with Crippen LogP contribution < -0.4 is 0 Å². The zero-order valence-electron chi connectivity index (χ0n) is 12.4. The van der Waals surface area contributed by atoms with Crippen LogP contribution in [0.15, 0.2) is 60.7 Å². The molecule has 2 aromatic carbocycles. The van der Waals surface area contributed by atoms with E-state index in [1.165, 1.54) is 11.1 Å². The van der Waals surface area contributed by atoms with Gasteiger partial charge in [-0.25, -0.2) is 4.79 Å². The van der Waals surface area contributed by atoms with Crippen LogP contribution >= 0.6 is 0 Å². The average molecular weight is 293 g/mol. The van der Waals surface area contributed by atoms with Gasteiger partial charge >= 0.3 is 5.97 Å². The van der Waals surface area contributed by atoms with Crippen molar-refractivity contribution in [3.05, 3.63) is 77.4 Å². The maximum Gasteiger partial charge on any atom is 0.335 e. The van der Waals surface area contributed by atoms with Gasteiger partial charge in [-0.05, 0) is 35.3 Å². The van der Waals surface area contributed by atoms with Crippen molar-refractivity contribution < 1.29 is 9.90 Å². The quantitative estimate of drug-likeness (QED) is 0.935. The highest BCUT2D eigenvalue weighted by atomic mass is 16.4. The molecule has 1 N–H and O–H groups in total. The molecule has 0 fully saturated rings. The fourth-order valence-electron chi connectivity index (χ4n) is 2.79. The molecule has 0 bridgehead atoms. The molecule has 0 saturated heterocycles. The number of hydrogen-bond acceptors (Lipinski definition) is 2. The number of aromatic carboxylic acids is 1. The summed E-state index contributed by atoms with van der Waals surface area (Å²) in [7, 11) is 0. The van der Waals surface area contributed by atoms with Gasteiger partial charge in [0, 0.05) is 19.6 Å². The van der Waals surface area contributed by atoms with E-state index in [9.17, 15) is 4.79 Å². The van der Waals surface area contributed by atoms with Crippen LogP contribution in [-0.4, -0.2) is 29.1 Å². The molecular weight excluding hydrogens is 274 g/mol. The topological polar surface area (TPSA) is 40.5 Å². The fraction of sp³-hybridized carbons (Fsp3) is 0.211. The van der Waals surface area contributed by atoms with Gasteiger partial charge in [0.15, 0.2) is 0 Å². The molecule has 1 heterocycles. The molecule has 0 atom stereocenters. The molecule has 0 unspecified atom stereocenters. The van der Waals surface area contributed by atoms with E-state index in [4.69, 9.17) is 5.11 Å². The minimum Gasteiger partial charge on any atom is -0.478 e. The number of nitrogens with zero attached hydrogens (tertiary/aromatic N) is 1. The van der Waals surface area contributed by atoms with Gasteiger partial charge in [-0.3, -0.25) is 4.90 Å². The number of rotatable bonds is 4. The largest absolute Gasteiger partial charge is 0.478 e. The Hall–Kier alpha value is -2.39. The van der Waals surface area contributed by atoms with Crippen molar-refractivity contribution in [2.24, 2.45) is 0 Å². The fourth-order valence-corrected chi connectivity index (χ4v) is 2.79. The van der Waals surface area contributed by atoms with Gasteiger partial charge in [-0.1, -0.05) is 48.5 Å². The van der Waals surface area contributed by atoms with Crippen LogP contribution in [0.4, 0.5) is 0 Å². The molecule has 0 aliphatic carbocycles. The number of carboxylic acids is 1. The second-order valence-electron chi connectivity index (χ2n) is 5.58. The lowest BCUT2D eigenvalue weighted by molar-refractivity contribution is 0.0697. The Morgan fingerprint density at radius 3 is 2.36 bits per heavy atom. The van der Waals surface area contributed by atoms with Crippen molar-refractivity contribution in [1.29, 1.82) is 0 Å². The third-order valence-corrected chi connectivity index (χ3v) is 4.04. The molecule has 112 valence electrons. The van der Waals surface area contributed by atoms with E-state index < -0.39 is 5.97 Å². The van der Waals surface area contributed by atoms with Crippen molar-refractivity contribution in [3.63, 3.8) is 0 Å². The highest BCUT2D eigenvalue weighted by Gasteiger charge is 2.13. The summed E-state index contributed by atoms with van der Waals surface area (Å²) in [5, 5.41) is 8.94. The predicted octanol–water partition coefficient (Wildman–Crippen LogP) is 3.67. The van der Waals surface area contributed by atoms with Gasteiger partial charge < -0.3 is 5.11 Å². The summed E-state index contributed by atoms with van der Waals surface area (Å²) in [6.45, 7) is 2.94. The molecule has 0 saturated carbocycles. The first-order valence-electron chi connectivity index (χ1n) is 7.51. The second-order valence-corrected chi connectivity index (χ2v) is 5.58. The molecule has 3 nitrogen and oxygen atoms in total. The number of carbonyl (C=O) groups is 1. The standard InChI is InChI=1S/C19H19NO2/c21-19(22)18-8-6-16(7-9-18)17-10-12-20(13-11-17)14-15-4-2-1-3-5-15/h1-10H,11-14H2,(H,21,22). The highest BCUT2D eigenvalue weighted by Crippen LogP contribution is 2.23. The van der Waals surface area contributed by atoms with Gasteiger partial charge in [0.2, 0.25) is 0 Å². The van der Waals surface area contributed by atoms with Gasteiger partial charge in [0.05, 0.1) is 5.56 Å². The molecule has 0 radical (unpaired) electrons. The molecule has 1 aliphatic rings. The molecule has 22 heavy (non-hydrogen) atoms. The summed E-state index contributed by atoms with van der Waals surface area (Å²) < 4.78 is 0. The van der Waals surface area contributed by atoms with Crippen LogP contribution in [0, 0.1) is 0 Å². The van der Waals surface area contributed by atoms with Crippen molar-refractivity contribution in [3.8, 4) is 0 Å². The normalized spacial score (nSPS) is 15.4. The first kappa shape index (κ1) is 14.5. The van der Waals surface area contributed by atoms with Gasteiger partial charge in [-0.15, -0.1) is 0 Å². The predicted molar refractivity (Wildman–Crippen MR) is 87.7 cm³/mol. The number of carboxylic acid groups (broad SMARTS) is 1. The average Bonchev–Trinajstić information content (AvgIpc) is 2.57. The van der Waals surface area contributed by atoms with Gasteiger partial charge in [-0.2, -0.15) is 0 Å². The monoisotopic (exact) mass is 293 g/mol.